The van der Waals surface area contributed by atoms with Crippen LogP contribution in [0.1, 0.15) is 13.3 Å². The lowest BCUT2D eigenvalue weighted by atomic mass is 10.0. The average Bonchev–Trinajstić information content (AvgIpc) is 3.53. The number of fused-ring (bicyclic) bond motifs is 2. The van der Waals surface area contributed by atoms with Crippen molar-refractivity contribution < 1.29 is 4.79 Å². The van der Waals surface area contributed by atoms with E-state index in [1.165, 1.54) is 5.69 Å². The van der Waals surface area contributed by atoms with Crippen molar-refractivity contribution >= 4 is 39.2 Å². The van der Waals surface area contributed by atoms with Crippen LogP contribution in [0.25, 0.3) is 44.5 Å². The lowest BCUT2D eigenvalue weighted by Gasteiger charge is -2.34. The van der Waals surface area contributed by atoms with Gasteiger partial charge in [-0.3, -0.25) is 14.9 Å². The number of carbonyl (C=O) groups excluding carboxylic acids is 1. The highest BCUT2D eigenvalue weighted by Gasteiger charge is 2.19. The van der Waals surface area contributed by atoms with Crippen molar-refractivity contribution in [1.82, 2.24) is 30.0 Å². The van der Waals surface area contributed by atoms with Gasteiger partial charge in [0.15, 0.2) is 0 Å². The Hall–Kier alpha value is -4.24. The van der Waals surface area contributed by atoms with Crippen LogP contribution in [-0.2, 0) is 4.79 Å². The van der Waals surface area contributed by atoms with Crippen molar-refractivity contribution in [2.24, 2.45) is 0 Å². The molecule has 0 atom stereocenters. The smallest absolute Gasteiger partial charge is 0.224 e. The number of aromatic amines is 2. The van der Waals surface area contributed by atoms with Crippen LogP contribution in [0.15, 0.2) is 55.0 Å². The summed E-state index contributed by atoms with van der Waals surface area (Å²) < 4.78 is 0. The number of pyridine rings is 2. The summed E-state index contributed by atoms with van der Waals surface area (Å²) in [5.41, 5.74) is 7.38. The lowest BCUT2D eigenvalue weighted by molar-refractivity contribution is -0.115. The first kappa shape index (κ1) is 22.2. The number of likely N-dealkylation sites (N-methyl/N-ethyl adjacent to an activating group) is 1. The molecule has 1 aromatic carbocycles. The van der Waals surface area contributed by atoms with Crippen LogP contribution in [-0.4, -0.2) is 69.2 Å². The molecule has 9 heteroatoms. The van der Waals surface area contributed by atoms with Gasteiger partial charge in [0.1, 0.15) is 11.3 Å². The van der Waals surface area contributed by atoms with Gasteiger partial charge in [0.25, 0.3) is 0 Å². The fraction of sp³-hybridized carbons (Fsp3) is 0.259. The monoisotopic (exact) mass is 480 g/mol. The summed E-state index contributed by atoms with van der Waals surface area (Å²) in [7, 11) is 2.17. The number of piperazine rings is 1. The van der Waals surface area contributed by atoms with E-state index < -0.39 is 0 Å². The van der Waals surface area contributed by atoms with E-state index in [2.05, 4.69) is 65.5 Å². The number of rotatable bonds is 5. The van der Waals surface area contributed by atoms with Crippen LogP contribution in [0, 0.1) is 0 Å². The molecule has 0 bridgehead atoms. The van der Waals surface area contributed by atoms with E-state index in [0.717, 1.165) is 70.6 Å². The van der Waals surface area contributed by atoms with Gasteiger partial charge in [-0.1, -0.05) is 13.0 Å². The van der Waals surface area contributed by atoms with Crippen molar-refractivity contribution in [3.8, 4) is 22.5 Å². The molecule has 182 valence electrons. The van der Waals surface area contributed by atoms with Crippen LogP contribution in [0.4, 0.5) is 11.4 Å². The third-order valence-electron chi connectivity index (χ3n) is 6.85. The summed E-state index contributed by atoms with van der Waals surface area (Å²) in [6.45, 7) is 5.92. The highest BCUT2D eigenvalue weighted by atomic mass is 16.1. The molecule has 4 aromatic heterocycles. The van der Waals surface area contributed by atoms with Gasteiger partial charge in [-0.2, -0.15) is 5.10 Å². The molecule has 1 amide bonds. The van der Waals surface area contributed by atoms with E-state index in [1.54, 1.807) is 12.4 Å². The largest absolute Gasteiger partial charge is 0.368 e. The molecule has 6 rings (SSSR count). The molecule has 0 aliphatic carbocycles. The van der Waals surface area contributed by atoms with Crippen LogP contribution < -0.4 is 10.2 Å². The van der Waals surface area contributed by atoms with E-state index in [-0.39, 0.29) is 5.91 Å². The normalized spacial score (nSPS) is 14.6. The van der Waals surface area contributed by atoms with Crippen LogP contribution in [0.2, 0.25) is 0 Å². The molecule has 1 fully saturated rings. The Labute approximate surface area is 208 Å². The van der Waals surface area contributed by atoms with Gasteiger partial charge in [0.2, 0.25) is 5.91 Å². The number of H-pyrrole nitrogens is 2. The second-order valence-corrected chi connectivity index (χ2v) is 9.26. The molecule has 0 saturated carbocycles. The van der Waals surface area contributed by atoms with Crippen molar-refractivity contribution in [3.63, 3.8) is 0 Å². The van der Waals surface area contributed by atoms with Gasteiger partial charge in [0, 0.05) is 67.0 Å². The summed E-state index contributed by atoms with van der Waals surface area (Å²) in [5.74, 6) is -0.0371. The van der Waals surface area contributed by atoms with Gasteiger partial charge < -0.3 is 20.1 Å². The Bertz CT molecular complexity index is 1560. The number of amides is 1. The number of aromatic nitrogens is 5. The number of carbonyl (C=O) groups is 1. The molecule has 1 aliphatic heterocycles. The number of hydrogen-bond donors (Lipinski definition) is 3. The van der Waals surface area contributed by atoms with E-state index in [4.69, 9.17) is 0 Å². The molecule has 5 aromatic rings. The number of benzene rings is 1. The predicted octanol–water partition coefficient (Wildman–Crippen LogP) is 4.27. The standard InChI is InChI=1S/C27H28N8O/c1-3-25(36)30-19-12-18(15-28-16-19)17-4-5-22-20(13-17)26(33-32-22)23-14-21-24(6-7-29-27(21)31-23)35-10-8-34(2)9-11-35/h4-7,12-16H,3,8-11H2,1-2H3,(H,29,31)(H,30,36)(H,32,33). The van der Waals surface area contributed by atoms with Gasteiger partial charge >= 0.3 is 0 Å². The Kier molecular flexibility index (Phi) is 5.61. The molecule has 1 saturated heterocycles. The molecule has 9 nitrogen and oxygen atoms in total. The maximum atomic E-state index is 11.8. The van der Waals surface area contributed by atoms with Crippen molar-refractivity contribution in [1.29, 1.82) is 0 Å². The molecule has 5 heterocycles. The summed E-state index contributed by atoms with van der Waals surface area (Å²) in [4.78, 5) is 29.0. The van der Waals surface area contributed by atoms with Gasteiger partial charge in [-0.05, 0) is 42.9 Å². The Morgan fingerprint density at radius 1 is 1.03 bits per heavy atom. The number of anilines is 2. The maximum Gasteiger partial charge on any atom is 0.224 e. The number of nitrogens with one attached hydrogen (secondary N) is 3. The molecule has 0 spiro atoms. The molecular formula is C27H28N8O. The zero-order valence-corrected chi connectivity index (χ0v) is 20.4. The molecule has 1 aliphatic rings. The van der Waals surface area contributed by atoms with Crippen LogP contribution >= 0.6 is 0 Å². The maximum absolute atomic E-state index is 11.8. The third kappa shape index (κ3) is 4.07. The molecule has 0 unspecified atom stereocenters. The fourth-order valence-electron chi connectivity index (χ4n) is 4.78. The Morgan fingerprint density at radius 2 is 1.89 bits per heavy atom. The highest BCUT2D eigenvalue weighted by molar-refractivity contribution is 6.00. The van der Waals surface area contributed by atoms with Crippen molar-refractivity contribution in [3.05, 3.63) is 55.0 Å². The first-order valence-corrected chi connectivity index (χ1v) is 12.2. The quantitative estimate of drug-likeness (QED) is 0.347. The molecule has 0 radical (unpaired) electrons. The highest BCUT2D eigenvalue weighted by Crippen LogP contribution is 2.34. The van der Waals surface area contributed by atoms with E-state index >= 15 is 0 Å². The topological polar surface area (TPSA) is 106 Å². The Balaban J connectivity index is 1.38. The van der Waals surface area contributed by atoms with Crippen LogP contribution in [0.5, 0.6) is 0 Å². The molecular weight excluding hydrogens is 452 g/mol. The van der Waals surface area contributed by atoms with Gasteiger partial charge in [-0.25, -0.2) is 4.98 Å². The van der Waals surface area contributed by atoms with E-state index in [0.29, 0.717) is 12.1 Å². The van der Waals surface area contributed by atoms with Gasteiger partial charge in [0.05, 0.1) is 23.1 Å². The minimum absolute atomic E-state index is 0.0371. The first-order chi connectivity index (χ1) is 17.6. The SMILES string of the molecule is CCC(=O)Nc1cncc(-c2ccc3[nH]nc(-c4cc5c(N6CCN(C)CC6)ccnc5[nH]4)c3c2)c1. The van der Waals surface area contributed by atoms with Crippen molar-refractivity contribution in [2.75, 3.05) is 43.4 Å². The van der Waals surface area contributed by atoms with E-state index in [1.807, 2.05) is 31.3 Å². The zero-order chi connectivity index (χ0) is 24.6. The lowest BCUT2D eigenvalue weighted by Crippen LogP contribution is -2.44. The minimum Gasteiger partial charge on any atom is -0.368 e. The summed E-state index contributed by atoms with van der Waals surface area (Å²) in [6.07, 6.45) is 5.75. The number of hydrogen-bond acceptors (Lipinski definition) is 6. The minimum atomic E-state index is -0.0371. The average molecular weight is 481 g/mol. The molecule has 3 N–H and O–H groups in total. The summed E-state index contributed by atoms with van der Waals surface area (Å²) >= 11 is 0. The number of nitrogens with zero attached hydrogens (tertiary/aromatic N) is 5. The van der Waals surface area contributed by atoms with Crippen molar-refractivity contribution in [2.45, 2.75) is 13.3 Å². The van der Waals surface area contributed by atoms with Crippen LogP contribution in [0.3, 0.4) is 0 Å². The zero-order valence-electron chi connectivity index (χ0n) is 20.4. The molecule has 36 heavy (non-hydrogen) atoms. The second-order valence-electron chi connectivity index (χ2n) is 9.26. The Morgan fingerprint density at radius 3 is 2.72 bits per heavy atom. The van der Waals surface area contributed by atoms with E-state index in [9.17, 15) is 4.79 Å². The summed E-state index contributed by atoms with van der Waals surface area (Å²) in [6, 6.07) is 12.4. The third-order valence-corrected chi connectivity index (χ3v) is 6.85. The first-order valence-electron chi connectivity index (χ1n) is 12.2. The second kappa shape index (κ2) is 9.09. The predicted molar refractivity (Wildman–Crippen MR) is 143 cm³/mol. The summed E-state index contributed by atoms with van der Waals surface area (Å²) in [5, 5.41) is 12.8. The van der Waals surface area contributed by atoms with Gasteiger partial charge in [-0.15, -0.1) is 0 Å². The fourth-order valence-corrected chi connectivity index (χ4v) is 4.78.